The number of rotatable bonds is 5. The van der Waals surface area contributed by atoms with E-state index in [0.717, 1.165) is 31.5 Å². The van der Waals surface area contributed by atoms with Crippen molar-refractivity contribution in [1.29, 1.82) is 0 Å². The van der Waals surface area contributed by atoms with Gasteiger partial charge in [0.15, 0.2) is 0 Å². The molecule has 1 amide bonds. The Kier molecular flexibility index (Phi) is 5.05. The highest BCUT2D eigenvalue weighted by atomic mass is 32.2. The number of aromatic nitrogens is 2. The highest BCUT2D eigenvalue weighted by Gasteiger charge is 2.18. The molecule has 1 fully saturated rings. The number of nitro groups is 1. The first-order chi connectivity index (χ1) is 11.6. The van der Waals surface area contributed by atoms with Gasteiger partial charge in [-0.15, -0.1) is 10.2 Å². The molecule has 1 aliphatic heterocycles. The van der Waals surface area contributed by atoms with Crippen LogP contribution in [0.3, 0.4) is 0 Å². The summed E-state index contributed by atoms with van der Waals surface area (Å²) < 4.78 is 0. The number of non-ortho nitro benzene ring substituents is 1. The minimum atomic E-state index is -0.438. The monoisotopic (exact) mass is 344 g/mol. The molecule has 0 bridgehead atoms. The van der Waals surface area contributed by atoms with E-state index < -0.39 is 4.92 Å². The Morgan fingerprint density at radius 2 is 1.83 bits per heavy atom. The second kappa shape index (κ2) is 7.39. The average Bonchev–Trinajstić information content (AvgIpc) is 3.15. The highest BCUT2D eigenvalue weighted by molar-refractivity contribution is 7.99. The van der Waals surface area contributed by atoms with E-state index in [-0.39, 0.29) is 11.6 Å². The first-order valence-corrected chi connectivity index (χ1v) is 8.61. The van der Waals surface area contributed by atoms with Crippen LogP contribution in [0.2, 0.25) is 0 Å². The fourth-order valence-corrected chi connectivity index (χ4v) is 3.22. The Morgan fingerprint density at radius 3 is 2.42 bits per heavy atom. The average molecular weight is 344 g/mol. The number of nitrogens with zero attached hydrogens (tertiary/aromatic N) is 4. The SMILES string of the molecule is O=C(CSc1ccc(-c2ccc([N+](=O)[O-])cc2)nn1)N1CCCC1. The molecule has 0 saturated carbocycles. The summed E-state index contributed by atoms with van der Waals surface area (Å²) >= 11 is 1.37. The zero-order chi connectivity index (χ0) is 16.9. The third kappa shape index (κ3) is 3.88. The number of benzene rings is 1. The summed E-state index contributed by atoms with van der Waals surface area (Å²) in [7, 11) is 0. The molecular formula is C16H16N4O3S. The minimum Gasteiger partial charge on any atom is -0.342 e. The second-order valence-electron chi connectivity index (χ2n) is 5.44. The van der Waals surface area contributed by atoms with Crippen LogP contribution in [-0.2, 0) is 4.79 Å². The van der Waals surface area contributed by atoms with Crippen molar-refractivity contribution in [3.05, 3.63) is 46.5 Å². The quantitative estimate of drug-likeness (QED) is 0.471. The van der Waals surface area contributed by atoms with Gasteiger partial charge in [-0.3, -0.25) is 14.9 Å². The Morgan fingerprint density at radius 1 is 1.12 bits per heavy atom. The van der Waals surface area contributed by atoms with E-state index >= 15 is 0 Å². The lowest BCUT2D eigenvalue weighted by Crippen LogP contribution is -2.29. The first kappa shape index (κ1) is 16.4. The third-order valence-electron chi connectivity index (χ3n) is 3.82. The fourth-order valence-electron chi connectivity index (χ4n) is 2.50. The molecule has 0 aliphatic carbocycles. The highest BCUT2D eigenvalue weighted by Crippen LogP contribution is 2.22. The summed E-state index contributed by atoms with van der Waals surface area (Å²) in [6.07, 6.45) is 2.17. The molecule has 1 saturated heterocycles. The summed E-state index contributed by atoms with van der Waals surface area (Å²) in [6.45, 7) is 1.70. The number of nitro benzene ring substituents is 1. The maximum atomic E-state index is 12.0. The van der Waals surface area contributed by atoms with Gasteiger partial charge < -0.3 is 4.90 Å². The van der Waals surface area contributed by atoms with Crippen molar-refractivity contribution in [3.8, 4) is 11.3 Å². The van der Waals surface area contributed by atoms with Crippen molar-refractivity contribution in [2.45, 2.75) is 17.9 Å². The molecule has 2 aromatic rings. The van der Waals surface area contributed by atoms with Crippen molar-refractivity contribution < 1.29 is 9.72 Å². The predicted octanol–water partition coefficient (Wildman–Crippen LogP) is 2.77. The standard InChI is InChI=1S/C16H16N4O3S/c21-16(19-9-1-2-10-19)11-24-15-8-7-14(17-18-15)12-3-5-13(6-4-12)20(22)23/h3-8H,1-2,9-11H2. The summed E-state index contributed by atoms with van der Waals surface area (Å²) in [6, 6.07) is 9.78. The van der Waals surface area contributed by atoms with E-state index in [1.165, 1.54) is 23.9 Å². The lowest BCUT2D eigenvalue weighted by molar-refractivity contribution is -0.384. The maximum absolute atomic E-state index is 12.0. The molecule has 0 N–H and O–H groups in total. The van der Waals surface area contributed by atoms with Gasteiger partial charge in [-0.2, -0.15) is 0 Å². The molecule has 2 heterocycles. The predicted molar refractivity (Wildman–Crippen MR) is 90.7 cm³/mol. The molecule has 1 aromatic heterocycles. The van der Waals surface area contributed by atoms with Gasteiger partial charge in [0.1, 0.15) is 5.03 Å². The topological polar surface area (TPSA) is 89.2 Å². The van der Waals surface area contributed by atoms with Gasteiger partial charge in [-0.1, -0.05) is 11.8 Å². The van der Waals surface area contributed by atoms with Gasteiger partial charge in [0.25, 0.3) is 5.69 Å². The van der Waals surface area contributed by atoms with Gasteiger partial charge in [0.2, 0.25) is 5.91 Å². The van der Waals surface area contributed by atoms with Crippen LogP contribution in [0.4, 0.5) is 5.69 Å². The molecule has 8 heteroatoms. The van der Waals surface area contributed by atoms with Gasteiger partial charge in [-0.25, -0.2) is 0 Å². The van der Waals surface area contributed by atoms with E-state index in [4.69, 9.17) is 0 Å². The summed E-state index contributed by atoms with van der Waals surface area (Å²) in [5, 5.41) is 19.6. The molecule has 124 valence electrons. The number of hydrogen-bond acceptors (Lipinski definition) is 6. The van der Waals surface area contributed by atoms with Crippen LogP contribution in [0.25, 0.3) is 11.3 Å². The van der Waals surface area contributed by atoms with Crippen LogP contribution in [0, 0.1) is 10.1 Å². The fraction of sp³-hybridized carbons (Fsp3) is 0.312. The molecule has 7 nitrogen and oxygen atoms in total. The van der Waals surface area contributed by atoms with Gasteiger partial charge >= 0.3 is 0 Å². The Labute approximate surface area is 143 Å². The van der Waals surface area contributed by atoms with Crippen LogP contribution in [0.1, 0.15) is 12.8 Å². The lowest BCUT2D eigenvalue weighted by atomic mass is 10.1. The zero-order valence-electron chi connectivity index (χ0n) is 12.9. The Balaban J connectivity index is 1.60. The van der Waals surface area contributed by atoms with Crippen molar-refractivity contribution in [2.24, 2.45) is 0 Å². The number of likely N-dealkylation sites (tertiary alicyclic amines) is 1. The molecule has 0 radical (unpaired) electrons. The maximum Gasteiger partial charge on any atom is 0.269 e. The lowest BCUT2D eigenvalue weighted by Gasteiger charge is -2.14. The molecule has 1 aliphatic rings. The second-order valence-corrected chi connectivity index (χ2v) is 6.43. The van der Waals surface area contributed by atoms with E-state index in [2.05, 4.69) is 10.2 Å². The van der Waals surface area contributed by atoms with Crippen molar-refractivity contribution in [2.75, 3.05) is 18.8 Å². The minimum absolute atomic E-state index is 0.0410. The Hall–Kier alpha value is -2.48. The molecule has 3 rings (SSSR count). The third-order valence-corrected chi connectivity index (χ3v) is 4.72. The molecule has 0 spiro atoms. The van der Waals surface area contributed by atoms with Crippen LogP contribution in [0.15, 0.2) is 41.4 Å². The van der Waals surface area contributed by atoms with E-state index in [1.54, 1.807) is 18.2 Å². The van der Waals surface area contributed by atoms with Crippen LogP contribution < -0.4 is 0 Å². The summed E-state index contributed by atoms with van der Waals surface area (Å²) in [4.78, 5) is 24.1. The number of thioether (sulfide) groups is 1. The molecule has 1 aromatic carbocycles. The summed E-state index contributed by atoms with van der Waals surface area (Å²) in [5.74, 6) is 0.504. The van der Waals surface area contributed by atoms with E-state index in [1.807, 2.05) is 11.0 Å². The number of carbonyl (C=O) groups is 1. The van der Waals surface area contributed by atoms with Gasteiger partial charge in [-0.05, 0) is 37.1 Å². The first-order valence-electron chi connectivity index (χ1n) is 7.62. The van der Waals surface area contributed by atoms with Gasteiger partial charge in [0, 0.05) is 30.8 Å². The van der Waals surface area contributed by atoms with Crippen molar-refractivity contribution in [1.82, 2.24) is 15.1 Å². The van der Waals surface area contributed by atoms with E-state index in [0.29, 0.717) is 16.5 Å². The molecular weight excluding hydrogens is 328 g/mol. The molecule has 0 atom stereocenters. The normalized spacial score (nSPS) is 13.9. The van der Waals surface area contributed by atoms with Crippen molar-refractivity contribution in [3.63, 3.8) is 0 Å². The molecule has 24 heavy (non-hydrogen) atoms. The Bertz CT molecular complexity index is 728. The number of carbonyl (C=O) groups excluding carboxylic acids is 1. The summed E-state index contributed by atoms with van der Waals surface area (Å²) in [5.41, 5.74) is 1.44. The van der Waals surface area contributed by atoms with Crippen molar-refractivity contribution >= 4 is 23.4 Å². The number of hydrogen-bond donors (Lipinski definition) is 0. The van der Waals surface area contributed by atoms with E-state index in [9.17, 15) is 14.9 Å². The zero-order valence-corrected chi connectivity index (χ0v) is 13.7. The van der Waals surface area contributed by atoms with Crippen LogP contribution in [-0.4, -0.2) is 44.8 Å². The van der Waals surface area contributed by atoms with Gasteiger partial charge in [0.05, 0.1) is 16.4 Å². The largest absolute Gasteiger partial charge is 0.342 e. The van der Waals surface area contributed by atoms with Crippen LogP contribution in [0.5, 0.6) is 0 Å². The number of amides is 1. The van der Waals surface area contributed by atoms with Crippen LogP contribution >= 0.6 is 11.8 Å². The molecule has 0 unspecified atom stereocenters. The smallest absolute Gasteiger partial charge is 0.269 e.